The standard InChI is InChI=1S/C22H25N5O4/c1-2-14-6-8-22(9-7-14)20(30)27(21(31)26-22)13-18(29)25-16-11-23-19(24-12-16)15-4-3-5-17(28)10-15/h3-5,10-12,14,28H,2,6-9,13H2,1H3,(H,25,29)(H,26,31). The summed E-state index contributed by atoms with van der Waals surface area (Å²) in [7, 11) is 0. The van der Waals surface area contributed by atoms with Gasteiger partial charge in [-0.2, -0.15) is 0 Å². The Morgan fingerprint density at radius 3 is 2.61 bits per heavy atom. The van der Waals surface area contributed by atoms with Crippen molar-refractivity contribution >= 4 is 23.5 Å². The molecular weight excluding hydrogens is 398 g/mol. The first-order valence-corrected chi connectivity index (χ1v) is 10.5. The molecule has 0 bridgehead atoms. The Morgan fingerprint density at radius 1 is 1.26 bits per heavy atom. The van der Waals surface area contributed by atoms with Crippen molar-refractivity contribution in [3.8, 4) is 17.1 Å². The number of aromatic nitrogens is 2. The number of rotatable bonds is 5. The van der Waals surface area contributed by atoms with Gasteiger partial charge < -0.3 is 15.7 Å². The second kappa shape index (κ2) is 8.33. The van der Waals surface area contributed by atoms with Gasteiger partial charge in [-0.05, 0) is 43.7 Å². The van der Waals surface area contributed by atoms with Crippen LogP contribution in [-0.4, -0.2) is 49.9 Å². The van der Waals surface area contributed by atoms with Gasteiger partial charge >= 0.3 is 6.03 Å². The van der Waals surface area contributed by atoms with Crippen LogP contribution in [0, 0.1) is 5.92 Å². The van der Waals surface area contributed by atoms with Crippen LogP contribution in [0.25, 0.3) is 11.4 Å². The Morgan fingerprint density at radius 2 is 1.97 bits per heavy atom. The predicted octanol–water partition coefficient (Wildman–Crippen LogP) is 2.68. The number of nitrogens with zero attached hydrogens (tertiary/aromatic N) is 3. The molecule has 0 unspecified atom stereocenters. The van der Waals surface area contributed by atoms with Gasteiger partial charge in [0.05, 0.1) is 18.1 Å². The highest BCUT2D eigenvalue weighted by Crippen LogP contribution is 2.37. The van der Waals surface area contributed by atoms with Crippen LogP contribution in [0.3, 0.4) is 0 Å². The number of hydrogen-bond acceptors (Lipinski definition) is 6. The SMILES string of the molecule is CCC1CCC2(CC1)NC(=O)N(CC(=O)Nc1cnc(-c3cccc(O)c3)nc1)C2=O. The zero-order valence-electron chi connectivity index (χ0n) is 17.3. The number of hydrogen-bond donors (Lipinski definition) is 3. The van der Waals surface area contributed by atoms with Crippen LogP contribution in [-0.2, 0) is 9.59 Å². The maximum Gasteiger partial charge on any atom is 0.325 e. The molecule has 3 N–H and O–H groups in total. The molecule has 1 aromatic heterocycles. The van der Waals surface area contributed by atoms with Crippen LogP contribution >= 0.6 is 0 Å². The summed E-state index contributed by atoms with van der Waals surface area (Å²) in [5.41, 5.74) is 0.120. The molecule has 4 amide bonds. The van der Waals surface area contributed by atoms with E-state index in [0.717, 1.165) is 24.2 Å². The smallest absolute Gasteiger partial charge is 0.325 e. The van der Waals surface area contributed by atoms with Gasteiger partial charge in [-0.3, -0.25) is 14.5 Å². The summed E-state index contributed by atoms with van der Waals surface area (Å²) in [5.74, 6) is 0.255. The number of carbonyl (C=O) groups is 3. The van der Waals surface area contributed by atoms with Crippen LogP contribution in [0.4, 0.5) is 10.5 Å². The third-order valence-corrected chi connectivity index (χ3v) is 6.12. The fraction of sp³-hybridized carbons (Fsp3) is 0.409. The van der Waals surface area contributed by atoms with Gasteiger partial charge in [0.25, 0.3) is 5.91 Å². The number of phenolic OH excluding ortho intramolecular Hbond substituents is 1. The van der Waals surface area contributed by atoms with Crippen LogP contribution in [0.5, 0.6) is 5.75 Å². The molecule has 1 aliphatic heterocycles. The molecule has 9 nitrogen and oxygen atoms in total. The average Bonchev–Trinajstić information content (AvgIpc) is 2.99. The Hall–Kier alpha value is -3.49. The second-order valence-electron chi connectivity index (χ2n) is 8.15. The number of amides is 4. The molecular formula is C22H25N5O4. The zero-order valence-corrected chi connectivity index (χ0v) is 17.3. The van der Waals surface area contributed by atoms with Crippen molar-refractivity contribution in [2.75, 3.05) is 11.9 Å². The molecule has 0 radical (unpaired) electrons. The summed E-state index contributed by atoms with van der Waals surface area (Å²) in [6, 6.07) is 6.01. The van der Waals surface area contributed by atoms with E-state index >= 15 is 0 Å². The van der Waals surface area contributed by atoms with E-state index in [1.165, 1.54) is 18.5 Å². The lowest BCUT2D eigenvalue weighted by Crippen LogP contribution is -2.49. The first-order valence-electron chi connectivity index (χ1n) is 10.5. The van der Waals surface area contributed by atoms with Crippen molar-refractivity contribution < 1.29 is 19.5 Å². The number of imide groups is 1. The van der Waals surface area contributed by atoms with Crippen LogP contribution < -0.4 is 10.6 Å². The van der Waals surface area contributed by atoms with Crippen molar-refractivity contribution in [1.82, 2.24) is 20.2 Å². The molecule has 2 aromatic rings. The first kappa shape index (κ1) is 20.8. The topological polar surface area (TPSA) is 125 Å². The molecule has 9 heteroatoms. The van der Waals surface area contributed by atoms with E-state index in [9.17, 15) is 19.5 Å². The zero-order chi connectivity index (χ0) is 22.0. The highest BCUT2D eigenvalue weighted by molar-refractivity contribution is 6.10. The second-order valence-corrected chi connectivity index (χ2v) is 8.15. The van der Waals surface area contributed by atoms with Crippen molar-refractivity contribution in [2.24, 2.45) is 5.92 Å². The van der Waals surface area contributed by atoms with Gasteiger partial charge in [0.1, 0.15) is 17.8 Å². The molecule has 2 fully saturated rings. The van der Waals surface area contributed by atoms with E-state index < -0.39 is 17.5 Å². The highest BCUT2D eigenvalue weighted by atomic mass is 16.3. The Bertz CT molecular complexity index is 999. The molecule has 2 heterocycles. The van der Waals surface area contributed by atoms with E-state index in [1.54, 1.807) is 18.2 Å². The number of nitrogens with one attached hydrogen (secondary N) is 2. The third-order valence-electron chi connectivity index (χ3n) is 6.12. The minimum atomic E-state index is -0.866. The molecule has 162 valence electrons. The van der Waals surface area contributed by atoms with Gasteiger partial charge in [0.15, 0.2) is 5.82 Å². The lowest BCUT2D eigenvalue weighted by atomic mass is 9.75. The summed E-state index contributed by atoms with van der Waals surface area (Å²) < 4.78 is 0. The quantitative estimate of drug-likeness (QED) is 0.635. The summed E-state index contributed by atoms with van der Waals surface area (Å²) in [6.07, 6.45) is 6.94. The molecule has 4 rings (SSSR count). The maximum atomic E-state index is 12.9. The predicted molar refractivity (Wildman–Crippen MR) is 113 cm³/mol. The van der Waals surface area contributed by atoms with Crippen molar-refractivity contribution in [3.05, 3.63) is 36.7 Å². The van der Waals surface area contributed by atoms with Crippen molar-refractivity contribution in [3.63, 3.8) is 0 Å². The minimum absolute atomic E-state index is 0.105. The molecule has 1 saturated heterocycles. The van der Waals surface area contributed by atoms with Gasteiger partial charge in [0, 0.05) is 5.56 Å². The summed E-state index contributed by atoms with van der Waals surface area (Å²) in [5, 5.41) is 15.0. The van der Waals surface area contributed by atoms with E-state index in [2.05, 4.69) is 27.5 Å². The molecule has 31 heavy (non-hydrogen) atoms. The molecule has 1 saturated carbocycles. The fourth-order valence-electron chi connectivity index (χ4n) is 4.27. The summed E-state index contributed by atoms with van der Waals surface area (Å²) in [4.78, 5) is 47.1. The number of aromatic hydroxyl groups is 1. The summed E-state index contributed by atoms with van der Waals surface area (Å²) in [6.45, 7) is 1.77. The molecule has 1 aromatic carbocycles. The van der Waals surface area contributed by atoms with E-state index in [1.807, 2.05) is 0 Å². The third kappa shape index (κ3) is 4.21. The monoisotopic (exact) mass is 423 g/mol. The van der Waals surface area contributed by atoms with Crippen molar-refractivity contribution in [1.29, 1.82) is 0 Å². The molecule has 0 atom stereocenters. The number of benzene rings is 1. The van der Waals surface area contributed by atoms with E-state index in [0.29, 0.717) is 35.8 Å². The minimum Gasteiger partial charge on any atom is -0.508 e. The lowest BCUT2D eigenvalue weighted by molar-refractivity contribution is -0.135. The maximum absolute atomic E-state index is 12.9. The van der Waals surface area contributed by atoms with Gasteiger partial charge in [0.2, 0.25) is 5.91 Å². The fourth-order valence-corrected chi connectivity index (χ4v) is 4.27. The Balaban J connectivity index is 1.37. The largest absolute Gasteiger partial charge is 0.508 e. The van der Waals surface area contributed by atoms with Crippen LogP contribution in [0.2, 0.25) is 0 Å². The summed E-state index contributed by atoms with van der Waals surface area (Å²) >= 11 is 0. The van der Waals surface area contributed by atoms with Gasteiger partial charge in [-0.1, -0.05) is 25.5 Å². The lowest BCUT2D eigenvalue weighted by Gasteiger charge is -2.34. The Labute approximate surface area is 179 Å². The van der Waals surface area contributed by atoms with E-state index in [-0.39, 0.29) is 18.2 Å². The number of carbonyl (C=O) groups excluding carboxylic acids is 3. The molecule has 2 aliphatic rings. The van der Waals surface area contributed by atoms with Crippen molar-refractivity contribution in [2.45, 2.75) is 44.6 Å². The van der Waals surface area contributed by atoms with Gasteiger partial charge in [-0.25, -0.2) is 14.8 Å². The average molecular weight is 423 g/mol. The van der Waals surface area contributed by atoms with Gasteiger partial charge in [-0.15, -0.1) is 0 Å². The molecule has 1 spiro atoms. The molecule has 1 aliphatic carbocycles. The number of phenols is 1. The highest BCUT2D eigenvalue weighted by Gasteiger charge is 2.52. The number of urea groups is 1. The normalized spacial score (nSPS) is 23.1. The number of anilines is 1. The van der Waals surface area contributed by atoms with Crippen LogP contribution in [0.15, 0.2) is 36.7 Å². The van der Waals surface area contributed by atoms with E-state index in [4.69, 9.17) is 0 Å². The Kier molecular flexibility index (Phi) is 5.58. The van der Waals surface area contributed by atoms with Crippen LogP contribution in [0.1, 0.15) is 39.0 Å². The first-order chi connectivity index (χ1) is 14.9.